The van der Waals surface area contributed by atoms with Gasteiger partial charge in [0, 0.05) is 0 Å². The summed E-state index contributed by atoms with van der Waals surface area (Å²) in [5.74, 6) is 1.10. The van der Waals surface area contributed by atoms with Gasteiger partial charge in [0.1, 0.15) is 17.9 Å². The minimum atomic E-state index is -0.508. The molecule has 110 valence electrons. The number of imidazole rings is 1. The molecule has 7 nitrogen and oxygen atoms in total. The zero-order chi connectivity index (χ0) is 14.4. The molecule has 2 N–H and O–H groups in total. The fraction of sp³-hybridized carbons (Fsp3) is 0.643. The number of nitrogens with zero attached hydrogens (tertiary/aromatic N) is 4. The Morgan fingerprint density at radius 2 is 2.00 bits per heavy atom. The molecule has 0 radical (unpaired) electrons. The van der Waals surface area contributed by atoms with E-state index in [9.17, 15) is 0 Å². The molecule has 21 heavy (non-hydrogen) atoms. The number of hydrogen-bond donors (Lipinski definition) is 1. The van der Waals surface area contributed by atoms with Gasteiger partial charge in [-0.05, 0) is 32.1 Å². The fourth-order valence-electron chi connectivity index (χ4n) is 4.12. The summed E-state index contributed by atoms with van der Waals surface area (Å²) >= 11 is 0. The summed E-state index contributed by atoms with van der Waals surface area (Å²) < 4.78 is 14.3. The third kappa shape index (κ3) is 1.47. The average molecular weight is 287 g/mol. The van der Waals surface area contributed by atoms with Crippen molar-refractivity contribution in [3.05, 3.63) is 12.7 Å². The lowest BCUT2D eigenvalue weighted by Gasteiger charge is -2.24. The number of aromatic nitrogens is 4. The minimum Gasteiger partial charge on any atom is -0.382 e. The Morgan fingerprint density at radius 1 is 1.19 bits per heavy atom. The molecule has 7 heteroatoms. The maximum Gasteiger partial charge on any atom is 0.165 e. The second-order valence-corrected chi connectivity index (χ2v) is 6.70. The van der Waals surface area contributed by atoms with Gasteiger partial charge < -0.3 is 19.8 Å². The topological polar surface area (TPSA) is 88.1 Å². The molecule has 2 aliphatic carbocycles. The van der Waals surface area contributed by atoms with Crippen LogP contribution in [-0.4, -0.2) is 37.5 Å². The van der Waals surface area contributed by atoms with Crippen LogP contribution >= 0.6 is 0 Å². The quantitative estimate of drug-likeness (QED) is 0.845. The molecule has 0 unspecified atom stereocenters. The number of rotatable bonds is 1. The van der Waals surface area contributed by atoms with Gasteiger partial charge >= 0.3 is 0 Å². The van der Waals surface area contributed by atoms with Crippen molar-refractivity contribution in [1.82, 2.24) is 19.5 Å². The van der Waals surface area contributed by atoms with Gasteiger partial charge in [-0.15, -0.1) is 0 Å². The van der Waals surface area contributed by atoms with Crippen molar-refractivity contribution in [1.29, 1.82) is 0 Å². The van der Waals surface area contributed by atoms with Crippen LogP contribution < -0.4 is 5.73 Å². The Balaban J connectivity index is 1.62. The lowest BCUT2D eigenvalue weighted by Crippen LogP contribution is -2.30. The van der Waals surface area contributed by atoms with Crippen LogP contribution in [0.5, 0.6) is 0 Å². The predicted molar refractivity (Wildman–Crippen MR) is 74.2 cm³/mol. The van der Waals surface area contributed by atoms with Crippen LogP contribution in [0.4, 0.5) is 5.82 Å². The van der Waals surface area contributed by atoms with E-state index < -0.39 is 5.79 Å². The van der Waals surface area contributed by atoms with Crippen molar-refractivity contribution >= 4 is 17.0 Å². The van der Waals surface area contributed by atoms with Crippen LogP contribution in [-0.2, 0) is 9.47 Å². The Hall–Kier alpha value is -1.73. The van der Waals surface area contributed by atoms with Gasteiger partial charge in [0.05, 0.1) is 18.5 Å². The maximum atomic E-state index is 6.14. The molecule has 1 saturated heterocycles. The van der Waals surface area contributed by atoms with Crippen LogP contribution in [0, 0.1) is 11.8 Å². The summed E-state index contributed by atoms with van der Waals surface area (Å²) in [6.45, 7) is 3.96. The normalized spacial score (nSPS) is 39.4. The van der Waals surface area contributed by atoms with Gasteiger partial charge in [-0.1, -0.05) is 0 Å². The first kappa shape index (κ1) is 11.9. The van der Waals surface area contributed by atoms with Crippen molar-refractivity contribution in [2.24, 2.45) is 11.8 Å². The number of ether oxygens (including phenoxy) is 2. The summed E-state index contributed by atoms with van der Waals surface area (Å²) in [5.41, 5.74) is 7.33. The molecule has 0 spiro atoms. The van der Waals surface area contributed by atoms with E-state index in [2.05, 4.69) is 19.5 Å². The van der Waals surface area contributed by atoms with E-state index >= 15 is 0 Å². The second-order valence-electron chi connectivity index (χ2n) is 6.70. The third-order valence-electron chi connectivity index (χ3n) is 4.96. The van der Waals surface area contributed by atoms with E-state index in [4.69, 9.17) is 15.2 Å². The first-order valence-corrected chi connectivity index (χ1v) is 7.34. The van der Waals surface area contributed by atoms with E-state index in [1.54, 1.807) is 0 Å². The van der Waals surface area contributed by atoms with Gasteiger partial charge in [-0.3, -0.25) is 0 Å². The largest absolute Gasteiger partial charge is 0.382 e. The molecule has 2 aromatic rings. The van der Waals surface area contributed by atoms with E-state index in [0.717, 1.165) is 5.65 Å². The monoisotopic (exact) mass is 287 g/mol. The van der Waals surface area contributed by atoms with Gasteiger partial charge in [0.25, 0.3) is 0 Å². The smallest absolute Gasteiger partial charge is 0.165 e. The molecular formula is C14H17N5O2. The second kappa shape index (κ2) is 3.53. The molecule has 0 bridgehead atoms. The van der Waals surface area contributed by atoms with Gasteiger partial charge in [-0.2, -0.15) is 0 Å². The van der Waals surface area contributed by atoms with E-state index in [-0.39, 0.29) is 18.2 Å². The molecule has 5 atom stereocenters. The molecule has 0 aromatic carbocycles. The molecular weight excluding hydrogens is 270 g/mol. The van der Waals surface area contributed by atoms with Crippen LogP contribution in [0.15, 0.2) is 12.7 Å². The standard InChI is InChI=1S/C14H17N5O2/c1-14(2)20-10-7-3-6(7)9(11(10)21-14)19-5-18-8-12(15)16-4-17-13(8)19/h4-7,9-11H,3H2,1-2H3,(H2,15,16,17)/t6-,7+,9+,10+,11-/m0/s1. The van der Waals surface area contributed by atoms with Crippen molar-refractivity contribution in [2.45, 2.75) is 44.3 Å². The highest BCUT2D eigenvalue weighted by Gasteiger charge is 2.66. The van der Waals surface area contributed by atoms with Crippen LogP contribution in [0.3, 0.4) is 0 Å². The molecule has 0 amide bonds. The molecule has 5 rings (SSSR count). The minimum absolute atomic E-state index is 0.0670. The maximum absolute atomic E-state index is 6.14. The molecule has 2 saturated carbocycles. The zero-order valence-corrected chi connectivity index (χ0v) is 11.9. The van der Waals surface area contributed by atoms with E-state index in [0.29, 0.717) is 23.2 Å². The van der Waals surface area contributed by atoms with E-state index in [1.165, 1.54) is 12.7 Å². The fourth-order valence-corrected chi connectivity index (χ4v) is 4.12. The lowest BCUT2D eigenvalue weighted by molar-refractivity contribution is -0.156. The van der Waals surface area contributed by atoms with Gasteiger partial charge in [0.15, 0.2) is 17.3 Å². The van der Waals surface area contributed by atoms with Crippen molar-refractivity contribution in [3.63, 3.8) is 0 Å². The molecule has 3 heterocycles. The molecule has 3 fully saturated rings. The predicted octanol–water partition coefficient (Wildman–Crippen LogP) is 1.12. The summed E-state index contributed by atoms with van der Waals surface area (Å²) in [5, 5.41) is 0. The number of nitrogens with two attached hydrogens (primary N) is 1. The number of hydrogen-bond acceptors (Lipinski definition) is 6. The molecule has 3 aliphatic rings. The highest BCUT2D eigenvalue weighted by atomic mass is 16.8. The summed E-state index contributed by atoms with van der Waals surface area (Å²) in [6, 6.07) is 0.223. The van der Waals surface area contributed by atoms with Crippen molar-refractivity contribution in [2.75, 3.05) is 5.73 Å². The highest BCUT2D eigenvalue weighted by Crippen LogP contribution is 2.63. The van der Waals surface area contributed by atoms with Crippen molar-refractivity contribution in [3.8, 4) is 0 Å². The zero-order valence-electron chi connectivity index (χ0n) is 11.9. The number of fused-ring (bicyclic) bond motifs is 4. The Bertz CT molecular complexity index is 742. The Morgan fingerprint density at radius 3 is 2.86 bits per heavy atom. The molecule has 2 aromatic heterocycles. The first-order chi connectivity index (χ1) is 10.1. The van der Waals surface area contributed by atoms with Crippen molar-refractivity contribution < 1.29 is 9.47 Å². The lowest BCUT2D eigenvalue weighted by atomic mass is 10.1. The SMILES string of the molecule is CC1(C)O[C@@H]2[C@@H]3C[C@@H]3[C@@H](n3cnc4c(N)ncnc43)[C@@H]2O1. The average Bonchev–Trinajstić information content (AvgIpc) is 2.82. The summed E-state index contributed by atoms with van der Waals surface area (Å²) in [7, 11) is 0. The summed E-state index contributed by atoms with van der Waals surface area (Å²) in [4.78, 5) is 12.7. The highest BCUT2D eigenvalue weighted by molar-refractivity contribution is 5.81. The third-order valence-corrected chi connectivity index (χ3v) is 4.96. The van der Waals surface area contributed by atoms with Gasteiger partial charge in [-0.25, -0.2) is 15.0 Å². The first-order valence-electron chi connectivity index (χ1n) is 7.34. The number of nitrogen functional groups attached to an aromatic ring is 1. The van der Waals surface area contributed by atoms with Crippen LogP contribution in [0.1, 0.15) is 26.3 Å². The molecule has 1 aliphatic heterocycles. The van der Waals surface area contributed by atoms with Crippen LogP contribution in [0.2, 0.25) is 0 Å². The Kier molecular flexibility index (Phi) is 2.00. The van der Waals surface area contributed by atoms with Crippen LogP contribution in [0.25, 0.3) is 11.2 Å². The number of anilines is 1. The Labute approximate surface area is 121 Å². The van der Waals surface area contributed by atoms with Gasteiger partial charge in [0.2, 0.25) is 0 Å². The van der Waals surface area contributed by atoms with E-state index in [1.807, 2.05) is 20.2 Å². The summed E-state index contributed by atoms with van der Waals surface area (Å²) in [6.07, 6.45) is 4.74.